The van der Waals surface area contributed by atoms with Crippen LogP contribution in [0.15, 0.2) is 30.3 Å². The first-order valence-corrected chi connectivity index (χ1v) is 17.5. The molecular formula is C34H49N9O10. The Morgan fingerprint density at radius 1 is 0.660 bits per heavy atom. The smallest absolute Gasteiger partial charge is 0.326 e. The van der Waals surface area contributed by atoms with E-state index in [0.29, 0.717) is 18.4 Å². The largest absolute Gasteiger partial charge is 0.480 e. The van der Waals surface area contributed by atoms with Crippen molar-refractivity contribution in [2.24, 2.45) is 22.9 Å². The molecule has 12 N–H and O–H groups in total. The maximum absolute atomic E-state index is 13.9. The van der Waals surface area contributed by atoms with Gasteiger partial charge in [0.2, 0.25) is 47.3 Å². The molecule has 2 saturated heterocycles. The third-order valence-electron chi connectivity index (χ3n) is 9.20. The van der Waals surface area contributed by atoms with Crippen molar-refractivity contribution in [3.63, 3.8) is 0 Å². The van der Waals surface area contributed by atoms with Crippen molar-refractivity contribution >= 4 is 53.2 Å². The summed E-state index contributed by atoms with van der Waals surface area (Å²) in [6.45, 7) is 0.276. The van der Waals surface area contributed by atoms with Crippen LogP contribution in [0.25, 0.3) is 0 Å². The number of nitrogens with two attached hydrogens (primary N) is 4. The maximum Gasteiger partial charge on any atom is 0.326 e. The SMILES string of the molecule is NC(=O)CC[C@H](NC(=O)[C@@H]1CCCN1C(=O)[C@@H](N)CCC(N)=O)C(=O)N[C@@H](CCC(N)=O)C(=O)N1CCC[C@H]1C(=O)N[C@@H](Cc1ccccc1)C(=O)O. The van der Waals surface area contributed by atoms with E-state index in [-0.39, 0.29) is 70.9 Å². The number of hydrogen-bond donors (Lipinski definition) is 8. The first kappa shape index (κ1) is 41.8. The van der Waals surface area contributed by atoms with Crippen LogP contribution in [0.1, 0.15) is 69.8 Å². The molecule has 0 unspecified atom stereocenters. The number of rotatable bonds is 20. The van der Waals surface area contributed by atoms with Crippen LogP contribution in [0.5, 0.6) is 0 Å². The van der Waals surface area contributed by atoms with E-state index in [1.807, 2.05) is 0 Å². The minimum absolute atomic E-state index is 0.00679. The molecule has 19 nitrogen and oxygen atoms in total. The fourth-order valence-corrected chi connectivity index (χ4v) is 6.40. The van der Waals surface area contributed by atoms with Gasteiger partial charge in [0.1, 0.15) is 30.2 Å². The van der Waals surface area contributed by atoms with Crippen LogP contribution in [0, 0.1) is 0 Å². The molecule has 0 radical (unpaired) electrons. The van der Waals surface area contributed by atoms with Crippen molar-refractivity contribution in [1.29, 1.82) is 0 Å². The summed E-state index contributed by atoms with van der Waals surface area (Å²) in [6.07, 6.45) is -0.154. The van der Waals surface area contributed by atoms with Crippen molar-refractivity contribution in [1.82, 2.24) is 25.8 Å². The molecule has 0 saturated carbocycles. The van der Waals surface area contributed by atoms with Crippen LogP contribution in [0.4, 0.5) is 0 Å². The van der Waals surface area contributed by atoms with Gasteiger partial charge in [-0.05, 0) is 50.5 Å². The highest BCUT2D eigenvalue weighted by molar-refractivity contribution is 5.97. The Bertz CT molecular complexity index is 1540. The standard InChI is InChI=1S/C34H49N9O10/c35-20(10-13-26(36)44)32(50)42-16-4-8-24(42)30(48)39-21(11-14-27(37)45)29(47)40-22(12-15-28(38)46)33(51)43-17-5-9-25(43)31(49)41-23(34(52)53)18-19-6-2-1-3-7-19/h1-3,6-7,20-25H,4-5,8-18,35H2,(H2,36,44)(H2,37,45)(H2,38,46)(H,39,48)(H,40,47)(H,41,49)(H,52,53)/t20-,21-,22-,23-,24-,25-/m0/s1. The summed E-state index contributed by atoms with van der Waals surface area (Å²) < 4.78 is 0. The molecule has 1 aromatic rings. The maximum atomic E-state index is 13.9. The van der Waals surface area contributed by atoms with E-state index in [0.717, 1.165) is 0 Å². The number of carboxylic acids is 1. The molecule has 2 aliphatic heterocycles. The molecule has 8 amide bonds. The Kier molecular flexibility index (Phi) is 15.7. The number of likely N-dealkylation sites (tertiary alicyclic amines) is 2. The summed E-state index contributed by atoms with van der Waals surface area (Å²) in [4.78, 5) is 117. The van der Waals surface area contributed by atoms with E-state index in [1.165, 1.54) is 9.80 Å². The van der Waals surface area contributed by atoms with Gasteiger partial charge in [0, 0.05) is 38.8 Å². The third kappa shape index (κ3) is 12.5. The number of carbonyl (C=O) groups excluding carboxylic acids is 8. The van der Waals surface area contributed by atoms with E-state index in [4.69, 9.17) is 22.9 Å². The zero-order valence-electron chi connectivity index (χ0n) is 29.4. The minimum Gasteiger partial charge on any atom is -0.480 e. The van der Waals surface area contributed by atoms with E-state index in [9.17, 15) is 48.3 Å². The predicted octanol–water partition coefficient (Wildman–Crippen LogP) is -3.13. The highest BCUT2D eigenvalue weighted by atomic mass is 16.4. The number of benzene rings is 1. The van der Waals surface area contributed by atoms with Crippen molar-refractivity contribution in [3.8, 4) is 0 Å². The average Bonchev–Trinajstić information content (AvgIpc) is 3.81. The molecule has 0 aromatic heterocycles. The fraction of sp³-hybridized carbons (Fsp3) is 0.559. The Balaban J connectivity index is 1.76. The normalized spacial score (nSPS) is 19.0. The van der Waals surface area contributed by atoms with E-state index in [1.54, 1.807) is 30.3 Å². The predicted molar refractivity (Wildman–Crippen MR) is 186 cm³/mol. The van der Waals surface area contributed by atoms with Crippen LogP contribution in [0.2, 0.25) is 0 Å². The number of aliphatic carboxylic acids is 1. The molecule has 2 aliphatic rings. The Labute approximate surface area is 305 Å². The lowest BCUT2D eigenvalue weighted by Crippen LogP contribution is -2.59. The Morgan fingerprint density at radius 2 is 1.13 bits per heavy atom. The molecule has 290 valence electrons. The van der Waals surface area contributed by atoms with Gasteiger partial charge in [-0.2, -0.15) is 0 Å². The lowest BCUT2D eigenvalue weighted by Gasteiger charge is -2.31. The van der Waals surface area contributed by atoms with Crippen molar-refractivity contribution < 1.29 is 48.3 Å². The number of hydrogen-bond acceptors (Lipinski definition) is 10. The lowest BCUT2D eigenvalue weighted by molar-refractivity contribution is -0.145. The molecular weight excluding hydrogens is 694 g/mol. The Hall–Kier alpha value is -5.59. The first-order valence-electron chi connectivity index (χ1n) is 17.5. The number of amides is 8. The van der Waals surface area contributed by atoms with E-state index < -0.39 is 89.5 Å². The summed E-state index contributed by atoms with van der Waals surface area (Å²) in [5.41, 5.74) is 22.4. The summed E-state index contributed by atoms with van der Waals surface area (Å²) in [7, 11) is 0. The van der Waals surface area contributed by atoms with E-state index in [2.05, 4.69) is 16.0 Å². The van der Waals surface area contributed by atoms with Crippen LogP contribution >= 0.6 is 0 Å². The van der Waals surface area contributed by atoms with Gasteiger partial charge >= 0.3 is 5.97 Å². The number of nitrogens with zero attached hydrogens (tertiary/aromatic N) is 2. The van der Waals surface area contributed by atoms with Crippen molar-refractivity contribution in [3.05, 3.63) is 35.9 Å². The van der Waals surface area contributed by atoms with Crippen LogP contribution in [0.3, 0.4) is 0 Å². The quantitative estimate of drug-likeness (QED) is 0.0660. The van der Waals surface area contributed by atoms with Gasteiger partial charge in [0.15, 0.2) is 0 Å². The summed E-state index contributed by atoms with van der Waals surface area (Å²) in [5, 5.41) is 17.4. The zero-order chi connectivity index (χ0) is 39.2. The van der Waals surface area contributed by atoms with E-state index >= 15 is 0 Å². The van der Waals surface area contributed by atoms with Gasteiger partial charge in [-0.3, -0.25) is 38.4 Å². The van der Waals surface area contributed by atoms with Gasteiger partial charge in [-0.15, -0.1) is 0 Å². The fourth-order valence-electron chi connectivity index (χ4n) is 6.40. The molecule has 0 bridgehead atoms. The van der Waals surface area contributed by atoms with Crippen molar-refractivity contribution in [2.75, 3.05) is 13.1 Å². The average molecular weight is 744 g/mol. The van der Waals surface area contributed by atoms with Gasteiger partial charge < -0.3 is 53.8 Å². The molecule has 3 rings (SSSR count). The second-order valence-electron chi connectivity index (χ2n) is 13.2. The number of nitrogens with one attached hydrogen (secondary N) is 3. The number of carbonyl (C=O) groups is 9. The summed E-state index contributed by atoms with van der Waals surface area (Å²) >= 11 is 0. The second kappa shape index (κ2) is 19.9. The van der Waals surface area contributed by atoms with Crippen LogP contribution in [-0.2, 0) is 49.6 Å². The lowest BCUT2D eigenvalue weighted by atomic mass is 10.0. The van der Waals surface area contributed by atoms with Crippen molar-refractivity contribution in [2.45, 2.75) is 107 Å². The topological polar surface area (TPSA) is 321 Å². The highest BCUT2D eigenvalue weighted by Gasteiger charge is 2.41. The summed E-state index contributed by atoms with van der Waals surface area (Å²) in [6, 6.07) is 1.31. The molecule has 0 aliphatic carbocycles. The Morgan fingerprint density at radius 3 is 1.64 bits per heavy atom. The molecule has 0 spiro atoms. The monoisotopic (exact) mass is 743 g/mol. The van der Waals surface area contributed by atoms with Crippen LogP contribution in [-0.4, -0.2) is 117 Å². The second-order valence-corrected chi connectivity index (χ2v) is 13.2. The minimum atomic E-state index is -1.42. The number of primary amides is 3. The first-order chi connectivity index (χ1) is 25.1. The van der Waals surface area contributed by atoms with Gasteiger partial charge in [0.05, 0.1) is 6.04 Å². The molecule has 2 heterocycles. The molecule has 6 atom stereocenters. The van der Waals surface area contributed by atoms with Gasteiger partial charge in [-0.25, -0.2) is 4.79 Å². The van der Waals surface area contributed by atoms with Crippen LogP contribution < -0.4 is 38.9 Å². The number of carboxylic acid groups (broad SMARTS) is 1. The van der Waals surface area contributed by atoms with Gasteiger partial charge in [0.25, 0.3) is 0 Å². The van der Waals surface area contributed by atoms with Gasteiger partial charge in [-0.1, -0.05) is 30.3 Å². The third-order valence-corrected chi connectivity index (χ3v) is 9.20. The molecule has 19 heteroatoms. The molecule has 1 aromatic carbocycles. The molecule has 2 fully saturated rings. The highest BCUT2D eigenvalue weighted by Crippen LogP contribution is 2.22. The molecule has 53 heavy (non-hydrogen) atoms. The zero-order valence-corrected chi connectivity index (χ0v) is 29.4. The summed E-state index contributed by atoms with van der Waals surface area (Å²) in [5.74, 6) is -7.17.